The topological polar surface area (TPSA) is 61.0 Å². The van der Waals surface area contributed by atoms with Gasteiger partial charge in [-0.25, -0.2) is 0 Å². The molecular weight excluding hydrogens is 332 g/mol. The van der Waals surface area contributed by atoms with E-state index in [0.717, 1.165) is 17.9 Å². The molecule has 1 aromatic carbocycles. The molecule has 0 radical (unpaired) electrons. The summed E-state index contributed by atoms with van der Waals surface area (Å²) < 4.78 is 22.0. The Kier molecular flexibility index (Phi) is 13.2. The zero-order chi connectivity index (χ0) is 18.9. The van der Waals surface area contributed by atoms with Gasteiger partial charge < -0.3 is 29.6 Å². The minimum absolute atomic E-state index is 0.494. The van der Waals surface area contributed by atoms with Crippen LogP contribution in [0.15, 0.2) is 24.3 Å². The van der Waals surface area contributed by atoms with E-state index in [2.05, 4.69) is 36.4 Å². The Morgan fingerprint density at radius 2 is 1.42 bits per heavy atom. The van der Waals surface area contributed by atoms with Crippen LogP contribution in [0, 0.1) is 12.0 Å². The minimum atomic E-state index is 0.494. The Morgan fingerprint density at radius 3 is 2.00 bits per heavy atom. The summed E-state index contributed by atoms with van der Waals surface area (Å²) in [6, 6.07) is 10.9. The van der Waals surface area contributed by atoms with Gasteiger partial charge in [-0.05, 0) is 30.2 Å². The molecule has 26 heavy (non-hydrogen) atoms. The van der Waals surface area contributed by atoms with Crippen LogP contribution in [0.2, 0.25) is 0 Å². The third-order valence-corrected chi connectivity index (χ3v) is 3.23. The molecule has 0 bridgehead atoms. The monoisotopic (exact) mass is 364 g/mol. The van der Waals surface area contributed by atoms with Crippen molar-refractivity contribution in [3.63, 3.8) is 0 Å². The summed E-state index contributed by atoms with van der Waals surface area (Å²) in [5.74, 6) is 3.78. The molecule has 0 atom stereocenters. The predicted octanol–water partition coefficient (Wildman–Crippen LogP) is 1.64. The van der Waals surface area contributed by atoms with Gasteiger partial charge in [0.2, 0.25) is 0 Å². The zero-order valence-electron chi connectivity index (χ0n) is 16.2. The third-order valence-electron chi connectivity index (χ3n) is 3.23. The van der Waals surface area contributed by atoms with Gasteiger partial charge in [0.15, 0.2) is 0 Å². The molecule has 0 amide bonds. The first-order chi connectivity index (χ1) is 12.7. The fraction of sp³-hybridized carbons (Fsp3) is 0.600. The van der Waals surface area contributed by atoms with Crippen LogP contribution in [0.25, 0.3) is 0 Å². The second-order valence-corrected chi connectivity index (χ2v) is 5.82. The molecule has 0 fully saturated rings. The van der Waals surface area contributed by atoms with Gasteiger partial charge in [0.1, 0.15) is 12.4 Å². The van der Waals surface area contributed by atoms with Crippen molar-refractivity contribution in [2.24, 2.45) is 0 Å². The van der Waals surface area contributed by atoms with E-state index in [1.807, 2.05) is 24.3 Å². The fourth-order valence-electron chi connectivity index (χ4n) is 1.95. The highest BCUT2D eigenvalue weighted by molar-refractivity contribution is 5.37. The summed E-state index contributed by atoms with van der Waals surface area (Å²) in [5.41, 5.74) is 0.945. The Labute approximate surface area is 157 Å². The zero-order valence-corrected chi connectivity index (χ0v) is 16.2. The summed E-state index contributed by atoms with van der Waals surface area (Å²) in [6.07, 6.45) is 0. The molecule has 146 valence electrons. The van der Waals surface area contributed by atoms with Gasteiger partial charge in [0.25, 0.3) is 0 Å². The molecule has 0 aliphatic rings. The highest BCUT2D eigenvalue weighted by Crippen LogP contribution is 2.11. The fourth-order valence-corrected chi connectivity index (χ4v) is 1.95. The number of hydrogen-bond donors (Lipinski definition) is 2. The molecule has 0 aliphatic heterocycles. The molecule has 6 heteroatoms. The smallest absolute Gasteiger partial charge is 0.119 e. The van der Waals surface area contributed by atoms with Crippen LogP contribution in [0.1, 0.15) is 19.4 Å². The Morgan fingerprint density at radius 1 is 0.846 bits per heavy atom. The molecule has 0 aliphatic carbocycles. The normalized spacial score (nSPS) is 10.5. The first-order valence-corrected chi connectivity index (χ1v) is 9.09. The lowest BCUT2D eigenvalue weighted by Crippen LogP contribution is -2.27. The maximum absolute atomic E-state index is 5.61. The summed E-state index contributed by atoms with van der Waals surface area (Å²) in [6.45, 7) is 9.16. The lowest BCUT2D eigenvalue weighted by atomic mass is 10.2. The second-order valence-electron chi connectivity index (χ2n) is 5.82. The standard InChI is InChI=1S/C20H32N2O4/c1-18(2)22-10-11-23-12-13-24-14-15-25-16-17-26-20-6-4-19(5-7-20)8-9-21-3/h4-7,18,21-22H,10-17H2,1-3H3. The van der Waals surface area contributed by atoms with Gasteiger partial charge in [0, 0.05) is 31.2 Å². The minimum Gasteiger partial charge on any atom is -0.491 e. The number of nitrogens with one attached hydrogen (secondary N) is 2. The van der Waals surface area contributed by atoms with Crippen molar-refractivity contribution in [2.75, 3.05) is 59.8 Å². The molecule has 6 nitrogen and oxygen atoms in total. The molecule has 0 heterocycles. The molecule has 0 aromatic heterocycles. The molecular formula is C20H32N2O4. The van der Waals surface area contributed by atoms with Crippen LogP contribution >= 0.6 is 0 Å². The maximum Gasteiger partial charge on any atom is 0.119 e. The molecule has 0 saturated carbocycles. The molecule has 0 saturated heterocycles. The van der Waals surface area contributed by atoms with E-state index < -0.39 is 0 Å². The number of hydrogen-bond acceptors (Lipinski definition) is 6. The number of benzene rings is 1. The first kappa shape index (κ1) is 22.3. The molecule has 1 aromatic rings. The van der Waals surface area contributed by atoms with E-state index in [-0.39, 0.29) is 0 Å². The van der Waals surface area contributed by atoms with Crippen molar-refractivity contribution in [2.45, 2.75) is 19.9 Å². The summed E-state index contributed by atoms with van der Waals surface area (Å²) in [4.78, 5) is 0. The van der Waals surface area contributed by atoms with Crippen molar-refractivity contribution in [1.29, 1.82) is 0 Å². The van der Waals surface area contributed by atoms with E-state index >= 15 is 0 Å². The molecule has 0 spiro atoms. The van der Waals surface area contributed by atoms with Gasteiger partial charge in [0.05, 0.1) is 39.6 Å². The summed E-state index contributed by atoms with van der Waals surface area (Å²) in [5, 5.41) is 6.08. The van der Waals surface area contributed by atoms with Crippen LogP contribution in [-0.2, 0) is 14.2 Å². The van der Waals surface area contributed by atoms with Crippen molar-refractivity contribution < 1.29 is 18.9 Å². The predicted molar refractivity (Wildman–Crippen MR) is 103 cm³/mol. The SMILES string of the molecule is CNC#Cc1ccc(OCCOCCOCCOCCNC(C)C)cc1. The maximum atomic E-state index is 5.61. The average molecular weight is 364 g/mol. The van der Waals surface area contributed by atoms with E-state index in [9.17, 15) is 0 Å². The average Bonchev–Trinajstić information content (AvgIpc) is 2.64. The molecule has 0 unspecified atom stereocenters. The Balaban J connectivity index is 1.89. The Hall–Kier alpha value is -1.78. The third kappa shape index (κ3) is 12.6. The number of rotatable bonds is 14. The van der Waals surface area contributed by atoms with Crippen molar-refractivity contribution in [3.8, 4) is 17.7 Å². The highest BCUT2D eigenvalue weighted by atomic mass is 16.6. The van der Waals surface area contributed by atoms with E-state index in [4.69, 9.17) is 18.9 Å². The quantitative estimate of drug-likeness (QED) is 0.297. The van der Waals surface area contributed by atoms with E-state index in [0.29, 0.717) is 52.3 Å². The summed E-state index contributed by atoms with van der Waals surface area (Å²) in [7, 11) is 1.79. The Bertz CT molecular complexity index is 509. The highest BCUT2D eigenvalue weighted by Gasteiger charge is 1.96. The van der Waals surface area contributed by atoms with E-state index in [1.165, 1.54) is 0 Å². The first-order valence-electron chi connectivity index (χ1n) is 9.09. The lowest BCUT2D eigenvalue weighted by molar-refractivity contribution is 0.00971. The van der Waals surface area contributed by atoms with Crippen LogP contribution in [0.5, 0.6) is 5.75 Å². The molecule has 2 N–H and O–H groups in total. The van der Waals surface area contributed by atoms with Gasteiger partial charge >= 0.3 is 0 Å². The number of ether oxygens (including phenoxy) is 4. The van der Waals surface area contributed by atoms with Gasteiger partial charge in [-0.2, -0.15) is 0 Å². The second kappa shape index (κ2) is 15.5. The summed E-state index contributed by atoms with van der Waals surface area (Å²) >= 11 is 0. The van der Waals surface area contributed by atoms with Crippen molar-refractivity contribution in [1.82, 2.24) is 10.6 Å². The molecule has 1 rings (SSSR count). The van der Waals surface area contributed by atoms with Crippen LogP contribution in [0.4, 0.5) is 0 Å². The van der Waals surface area contributed by atoms with Crippen LogP contribution in [-0.4, -0.2) is 65.9 Å². The lowest BCUT2D eigenvalue weighted by Gasteiger charge is -2.09. The van der Waals surface area contributed by atoms with Crippen molar-refractivity contribution in [3.05, 3.63) is 29.8 Å². The van der Waals surface area contributed by atoms with Gasteiger partial charge in [-0.1, -0.05) is 13.8 Å². The largest absolute Gasteiger partial charge is 0.491 e. The van der Waals surface area contributed by atoms with Gasteiger partial charge in [-0.15, -0.1) is 0 Å². The van der Waals surface area contributed by atoms with Crippen molar-refractivity contribution >= 4 is 0 Å². The van der Waals surface area contributed by atoms with Gasteiger partial charge in [-0.3, -0.25) is 0 Å². The van der Waals surface area contributed by atoms with Crippen LogP contribution in [0.3, 0.4) is 0 Å². The van der Waals surface area contributed by atoms with Crippen LogP contribution < -0.4 is 15.4 Å². The van der Waals surface area contributed by atoms with E-state index in [1.54, 1.807) is 7.05 Å².